The van der Waals surface area contributed by atoms with Crippen LogP contribution in [0.15, 0.2) is 47.9 Å². The third-order valence-corrected chi connectivity index (χ3v) is 4.55. The summed E-state index contributed by atoms with van der Waals surface area (Å²) in [4.78, 5) is 28.7. The van der Waals surface area contributed by atoms with Crippen molar-refractivity contribution < 1.29 is 13.2 Å². The van der Waals surface area contributed by atoms with Gasteiger partial charge in [-0.05, 0) is 37.6 Å². The maximum Gasteiger partial charge on any atom is 0.274 e. The normalized spacial score (nSPS) is 11.2. The number of nitrogens with zero attached hydrogens (tertiary/aromatic N) is 4. The van der Waals surface area contributed by atoms with Crippen LogP contribution in [0, 0.1) is 13.8 Å². The summed E-state index contributed by atoms with van der Waals surface area (Å²) >= 11 is 0. The van der Waals surface area contributed by atoms with Crippen LogP contribution in [0.25, 0.3) is 11.3 Å². The fraction of sp³-hybridized carbons (Fsp3) is 0.167. The Hall–Kier alpha value is -3.20. The Morgan fingerprint density at radius 2 is 1.85 bits per heavy atom. The molecule has 0 saturated carbocycles. The van der Waals surface area contributed by atoms with Crippen molar-refractivity contribution in [3.63, 3.8) is 0 Å². The Labute approximate surface area is 156 Å². The van der Waals surface area contributed by atoms with Crippen LogP contribution in [0.2, 0.25) is 0 Å². The van der Waals surface area contributed by atoms with Crippen LogP contribution in [0.3, 0.4) is 0 Å². The topological polar surface area (TPSA) is 115 Å². The van der Waals surface area contributed by atoms with Crippen molar-refractivity contribution in [3.8, 4) is 11.3 Å². The zero-order valence-corrected chi connectivity index (χ0v) is 15.8. The molecular formula is C18H17N5O3S. The lowest BCUT2D eigenvalue weighted by atomic mass is 10.1. The van der Waals surface area contributed by atoms with Crippen LogP contribution in [-0.2, 0) is 9.84 Å². The van der Waals surface area contributed by atoms with Gasteiger partial charge in [-0.1, -0.05) is 12.1 Å². The quantitative estimate of drug-likeness (QED) is 0.687. The first-order chi connectivity index (χ1) is 12.7. The Bertz CT molecular complexity index is 1130. The molecule has 1 amide bonds. The minimum Gasteiger partial charge on any atom is -0.321 e. The van der Waals surface area contributed by atoms with Gasteiger partial charge in [0.25, 0.3) is 5.91 Å². The van der Waals surface area contributed by atoms with Crippen molar-refractivity contribution in [2.75, 3.05) is 11.6 Å². The van der Waals surface area contributed by atoms with Gasteiger partial charge in [-0.15, -0.1) is 0 Å². The first-order valence-electron chi connectivity index (χ1n) is 7.99. The molecule has 3 rings (SSSR count). The molecule has 0 bridgehead atoms. The average Bonchev–Trinajstić information content (AvgIpc) is 2.61. The molecule has 0 aliphatic heterocycles. The van der Waals surface area contributed by atoms with Gasteiger partial charge in [-0.2, -0.15) is 0 Å². The molecule has 1 N–H and O–H groups in total. The van der Waals surface area contributed by atoms with Gasteiger partial charge >= 0.3 is 0 Å². The molecule has 0 unspecified atom stereocenters. The number of aryl methyl sites for hydroxylation is 2. The summed E-state index contributed by atoms with van der Waals surface area (Å²) in [5, 5.41) is 2.35. The van der Waals surface area contributed by atoms with E-state index in [1.165, 1.54) is 6.20 Å². The number of sulfone groups is 1. The number of carbonyl (C=O) groups excluding carboxylic acids is 1. The van der Waals surface area contributed by atoms with Gasteiger partial charge < -0.3 is 5.32 Å². The first kappa shape index (κ1) is 18.6. The highest BCUT2D eigenvalue weighted by atomic mass is 32.2. The van der Waals surface area contributed by atoms with E-state index < -0.39 is 15.7 Å². The van der Waals surface area contributed by atoms with E-state index in [1.807, 2.05) is 6.07 Å². The Morgan fingerprint density at radius 3 is 2.56 bits per heavy atom. The van der Waals surface area contributed by atoms with Crippen LogP contribution in [0.1, 0.15) is 21.9 Å². The molecule has 0 saturated heterocycles. The van der Waals surface area contributed by atoms with Crippen LogP contribution in [-0.4, -0.2) is 40.5 Å². The van der Waals surface area contributed by atoms with E-state index in [0.717, 1.165) is 17.5 Å². The van der Waals surface area contributed by atoms with Gasteiger partial charge in [0.1, 0.15) is 11.5 Å². The van der Waals surface area contributed by atoms with Crippen LogP contribution >= 0.6 is 0 Å². The minimum atomic E-state index is -3.61. The summed E-state index contributed by atoms with van der Waals surface area (Å²) in [6.07, 6.45) is 3.98. The molecule has 0 atom stereocenters. The van der Waals surface area contributed by atoms with Crippen molar-refractivity contribution in [3.05, 3.63) is 59.8 Å². The maximum atomic E-state index is 12.6. The summed E-state index contributed by atoms with van der Waals surface area (Å²) in [7, 11) is -3.61. The van der Waals surface area contributed by atoms with E-state index in [2.05, 4.69) is 25.3 Å². The van der Waals surface area contributed by atoms with Crippen molar-refractivity contribution in [2.45, 2.75) is 19.0 Å². The summed E-state index contributed by atoms with van der Waals surface area (Å²) < 4.78 is 23.3. The van der Waals surface area contributed by atoms with E-state index in [0.29, 0.717) is 17.1 Å². The van der Waals surface area contributed by atoms with Crippen molar-refractivity contribution in [1.82, 2.24) is 19.9 Å². The molecule has 2 heterocycles. The Kier molecular flexibility index (Phi) is 4.95. The Balaban J connectivity index is 1.90. The number of hydrogen-bond donors (Lipinski definition) is 1. The van der Waals surface area contributed by atoms with E-state index in [-0.39, 0.29) is 10.9 Å². The summed E-state index contributed by atoms with van der Waals surface area (Å²) in [6.45, 7) is 3.44. The molecule has 3 aromatic rings. The highest BCUT2D eigenvalue weighted by Crippen LogP contribution is 2.21. The van der Waals surface area contributed by atoms with E-state index in [9.17, 15) is 13.2 Å². The second-order valence-electron chi connectivity index (χ2n) is 5.98. The lowest BCUT2D eigenvalue weighted by molar-refractivity contribution is 0.102. The predicted molar refractivity (Wildman–Crippen MR) is 100 cm³/mol. The fourth-order valence-corrected chi connectivity index (χ4v) is 2.90. The highest BCUT2D eigenvalue weighted by Gasteiger charge is 2.18. The van der Waals surface area contributed by atoms with Crippen LogP contribution in [0.4, 0.5) is 5.69 Å². The van der Waals surface area contributed by atoms with Crippen molar-refractivity contribution in [1.29, 1.82) is 0 Å². The molecule has 27 heavy (non-hydrogen) atoms. The minimum absolute atomic E-state index is 0.00806. The van der Waals surface area contributed by atoms with Gasteiger partial charge in [0.2, 0.25) is 15.0 Å². The standard InChI is InChI=1S/C18H17N5O3S/c1-11-10-20-18(27(3,25)26)23-16(11)17(24)22-14-6-4-5-13(9-14)15-7-8-19-12(2)21-15/h4-10H,1-3H3,(H,22,24). The van der Waals surface area contributed by atoms with Gasteiger partial charge in [-0.3, -0.25) is 4.79 Å². The molecule has 0 aliphatic carbocycles. The molecule has 2 aromatic heterocycles. The van der Waals surface area contributed by atoms with E-state index in [4.69, 9.17) is 0 Å². The summed E-state index contributed by atoms with van der Waals surface area (Å²) in [6, 6.07) is 8.93. The number of carbonyl (C=O) groups is 1. The largest absolute Gasteiger partial charge is 0.321 e. The zero-order chi connectivity index (χ0) is 19.6. The highest BCUT2D eigenvalue weighted by molar-refractivity contribution is 7.90. The predicted octanol–water partition coefficient (Wildman–Crippen LogP) is 2.21. The number of anilines is 1. The average molecular weight is 383 g/mol. The van der Waals surface area contributed by atoms with Gasteiger partial charge in [-0.25, -0.2) is 28.4 Å². The van der Waals surface area contributed by atoms with Gasteiger partial charge in [0.15, 0.2) is 0 Å². The molecule has 1 aromatic carbocycles. The molecule has 0 fully saturated rings. The fourth-order valence-electron chi connectivity index (χ4n) is 2.40. The lowest BCUT2D eigenvalue weighted by Gasteiger charge is -2.09. The number of rotatable bonds is 4. The van der Waals surface area contributed by atoms with Gasteiger partial charge in [0.05, 0.1) is 5.69 Å². The number of amides is 1. The zero-order valence-electron chi connectivity index (χ0n) is 15.0. The smallest absolute Gasteiger partial charge is 0.274 e. The number of aromatic nitrogens is 4. The van der Waals surface area contributed by atoms with E-state index in [1.54, 1.807) is 44.3 Å². The second kappa shape index (κ2) is 7.20. The third-order valence-electron chi connectivity index (χ3n) is 3.69. The first-order valence-corrected chi connectivity index (χ1v) is 9.88. The number of hydrogen-bond acceptors (Lipinski definition) is 7. The second-order valence-corrected chi connectivity index (χ2v) is 7.89. The van der Waals surface area contributed by atoms with Crippen LogP contribution in [0.5, 0.6) is 0 Å². The molecule has 138 valence electrons. The third kappa shape index (κ3) is 4.32. The Morgan fingerprint density at radius 1 is 1.07 bits per heavy atom. The molecule has 9 heteroatoms. The SMILES string of the molecule is Cc1nccc(-c2cccc(NC(=O)c3nc(S(C)(=O)=O)ncc3C)c2)n1. The van der Waals surface area contributed by atoms with Crippen molar-refractivity contribution >= 4 is 21.4 Å². The molecule has 8 nitrogen and oxygen atoms in total. The molecular weight excluding hydrogens is 366 g/mol. The molecule has 0 aliphatic rings. The van der Waals surface area contributed by atoms with Crippen molar-refractivity contribution in [2.24, 2.45) is 0 Å². The van der Waals surface area contributed by atoms with E-state index >= 15 is 0 Å². The monoisotopic (exact) mass is 383 g/mol. The molecule has 0 spiro atoms. The van der Waals surface area contributed by atoms with Crippen LogP contribution < -0.4 is 5.32 Å². The number of benzene rings is 1. The summed E-state index contributed by atoms with van der Waals surface area (Å²) in [5.41, 5.74) is 2.56. The maximum absolute atomic E-state index is 12.6. The number of nitrogens with one attached hydrogen (secondary N) is 1. The lowest BCUT2D eigenvalue weighted by Crippen LogP contribution is -2.18. The molecule has 0 radical (unpaired) electrons. The summed E-state index contributed by atoms with van der Waals surface area (Å²) in [5.74, 6) is 0.127. The van der Waals surface area contributed by atoms with Gasteiger partial charge in [0, 0.05) is 29.9 Å².